The van der Waals surface area contributed by atoms with Crippen LogP contribution in [0.3, 0.4) is 0 Å². The minimum Gasteiger partial charge on any atom is -0.480 e. The van der Waals surface area contributed by atoms with Gasteiger partial charge in [0, 0.05) is 37.9 Å². The summed E-state index contributed by atoms with van der Waals surface area (Å²) in [7, 11) is 0. The summed E-state index contributed by atoms with van der Waals surface area (Å²) in [6, 6.07) is 13.5. The first-order chi connectivity index (χ1) is 16.2. The Balaban J connectivity index is 1.74. The fourth-order valence-corrected chi connectivity index (χ4v) is 4.77. The third kappa shape index (κ3) is 5.97. The number of hydrogen-bond acceptors (Lipinski definition) is 7. The molecule has 1 fully saturated rings. The molecule has 3 aromatic rings. The molecule has 0 amide bonds. The van der Waals surface area contributed by atoms with Crippen LogP contribution in [-0.4, -0.2) is 53.0 Å². The fourth-order valence-electron chi connectivity index (χ4n) is 4.77. The van der Waals surface area contributed by atoms with Crippen LogP contribution in [0, 0.1) is 0 Å². The second-order valence-corrected chi connectivity index (χ2v) is 8.46. The minimum absolute atomic E-state index is 0.0645. The number of carboxylic acid groups (broad SMARTS) is 1. The molecule has 0 saturated heterocycles. The van der Waals surface area contributed by atoms with Gasteiger partial charge in [0.05, 0.1) is 30.1 Å². The van der Waals surface area contributed by atoms with E-state index in [1.807, 2.05) is 36.4 Å². The average molecular weight is 447 g/mol. The molecule has 172 valence electrons. The van der Waals surface area contributed by atoms with E-state index >= 15 is 0 Å². The first kappa shape index (κ1) is 22.9. The normalized spacial score (nSPS) is 15.6. The van der Waals surface area contributed by atoms with E-state index in [0.29, 0.717) is 25.5 Å². The summed E-state index contributed by atoms with van der Waals surface area (Å²) in [5.41, 5.74) is 1.33. The predicted octanol–water partition coefficient (Wildman–Crippen LogP) is 3.52. The lowest BCUT2D eigenvalue weighted by atomic mass is 9.85. The van der Waals surface area contributed by atoms with Crippen molar-refractivity contribution in [2.75, 3.05) is 6.54 Å². The van der Waals surface area contributed by atoms with Crippen LogP contribution in [0.15, 0.2) is 67.3 Å². The molecular weight excluding hydrogens is 416 g/mol. The van der Waals surface area contributed by atoms with E-state index in [0.717, 1.165) is 43.5 Å². The Kier molecular flexibility index (Phi) is 7.70. The lowest BCUT2D eigenvalue weighted by Gasteiger charge is -2.52. The van der Waals surface area contributed by atoms with Gasteiger partial charge < -0.3 is 5.11 Å². The molecule has 1 aliphatic rings. The second kappa shape index (κ2) is 11.1. The molecule has 4 rings (SSSR count). The summed E-state index contributed by atoms with van der Waals surface area (Å²) < 4.78 is 0. The molecular formula is C25H30N6O2. The largest absolute Gasteiger partial charge is 0.480 e. The smallest absolute Gasteiger partial charge is 0.317 e. The Morgan fingerprint density at radius 3 is 1.88 bits per heavy atom. The van der Waals surface area contributed by atoms with Gasteiger partial charge in [-0.1, -0.05) is 31.4 Å². The zero-order chi connectivity index (χ0) is 22.9. The second-order valence-electron chi connectivity index (χ2n) is 8.46. The van der Waals surface area contributed by atoms with E-state index in [1.54, 1.807) is 30.9 Å². The summed E-state index contributed by atoms with van der Waals surface area (Å²) >= 11 is 0. The standard InChI is InChI=1S/C25H30N6O2/c32-24(33)20-31(18-22-10-3-7-14-27-22)25(11-4-1-5-12-25)30(17-21-9-2-6-13-26-21)19-23-28-15-8-16-29-23/h2-3,6-10,13-16H,1,4-5,11-12,17-20H2,(H,32,33). The first-order valence-electron chi connectivity index (χ1n) is 11.4. The number of carboxylic acids is 1. The Morgan fingerprint density at radius 1 is 0.758 bits per heavy atom. The molecule has 1 aliphatic carbocycles. The molecule has 0 radical (unpaired) electrons. The van der Waals surface area contributed by atoms with Gasteiger partial charge in [0.2, 0.25) is 0 Å². The highest BCUT2D eigenvalue weighted by Crippen LogP contribution is 2.39. The topological polar surface area (TPSA) is 95.3 Å². The monoisotopic (exact) mass is 446 g/mol. The highest BCUT2D eigenvalue weighted by Gasteiger charge is 2.44. The summed E-state index contributed by atoms with van der Waals surface area (Å²) in [6.07, 6.45) is 12.0. The zero-order valence-corrected chi connectivity index (χ0v) is 18.8. The molecule has 0 atom stereocenters. The number of aromatic nitrogens is 4. The fraction of sp³-hybridized carbons (Fsp3) is 0.400. The van der Waals surface area contributed by atoms with E-state index in [2.05, 4.69) is 29.7 Å². The van der Waals surface area contributed by atoms with Gasteiger partial charge in [0.15, 0.2) is 0 Å². The van der Waals surface area contributed by atoms with Gasteiger partial charge in [-0.25, -0.2) is 9.97 Å². The highest BCUT2D eigenvalue weighted by atomic mass is 16.4. The Hall–Kier alpha value is -3.23. The van der Waals surface area contributed by atoms with Gasteiger partial charge >= 0.3 is 5.97 Å². The number of carbonyl (C=O) groups is 1. The summed E-state index contributed by atoms with van der Waals surface area (Å²) in [6.45, 7) is 1.49. The SMILES string of the molecule is O=C(O)CN(Cc1ccccn1)C1(N(Cc2ccccn2)Cc2ncccn2)CCCCC1. The third-order valence-electron chi connectivity index (χ3n) is 6.27. The van der Waals surface area contributed by atoms with Crippen LogP contribution in [0.4, 0.5) is 0 Å². The van der Waals surface area contributed by atoms with Crippen molar-refractivity contribution in [1.82, 2.24) is 29.7 Å². The van der Waals surface area contributed by atoms with Crippen molar-refractivity contribution in [3.8, 4) is 0 Å². The number of pyridine rings is 2. The van der Waals surface area contributed by atoms with Crippen molar-refractivity contribution >= 4 is 5.97 Å². The molecule has 8 nitrogen and oxygen atoms in total. The van der Waals surface area contributed by atoms with Gasteiger partial charge in [-0.3, -0.25) is 24.6 Å². The van der Waals surface area contributed by atoms with Crippen LogP contribution < -0.4 is 0 Å². The lowest BCUT2D eigenvalue weighted by Crippen LogP contribution is -2.61. The molecule has 8 heteroatoms. The van der Waals surface area contributed by atoms with Gasteiger partial charge in [-0.05, 0) is 43.2 Å². The molecule has 0 spiro atoms. The van der Waals surface area contributed by atoms with Crippen LogP contribution in [0.1, 0.15) is 49.3 Å². The Bertz CT molecular complexity index is 956. The maximum atomic E-state index is 12.0. The average Bonchev–Trinajstić information content (AvgIpc) is 2.85. The molecule has 0 aromatic carbocycles. The van der Waals surface area contributed by atoms with Crippen molar-refractivity contribution < 1.29 is 9.90 Å². The molecule has 3 heterocycles. The lowest BCUT2D eigenvalue weighted by molar-refractivity contribution is -0.149. The van der Waals surface area contributed by atoms with Gasteiger partial charge in [-0.2, -0.15) is 0 Å². The van der Waals surface area contributed by atoms with Crippen molar-refractivity contribution in [3.63, 3.8) is 0 Å². The number of hydrogen-bond donors (Lipinski definition) is 1. The van der Waals surface area contributed by atoms with Gasteiger partial charge in [0.1, 0.15) is 5.82 Å². The van der Waals surface area contributed by atoms with Crippen molar-refractivity contribution in [3.05, 3.63) is 84.5 Å². The minimum atomic E-state index is -0.843. The van der Waals surface area contributed by atoms with Crippen LogP contribution in [0.25, 0.3) is 0 Å². The van der Waals surface area contributed by atoms with Crippen LogP contribution >= 0.6 is 0 Å². The zero-order valence-electron chi connectivity index (χ0n) is 18.8. The highest BCUT2D eigenvalue weighted by molar-refractivity contribution is 5.69. The molecule has 33 heavy (non-hydrogen) atoms. The van der Waals surface area contributed by atoms with Crippen molar-refractivity contribution in [1.29, 1.82) is 0 Å². The van der Waals surface area contributed by atoms with Crippen molar-refractivity contribution in [2.24, 2.45) is 0 Å². The van der Waals surface area contributed by atoms with Crippen molar-refractivity contribution in [2.45, 2.75) is 57.4 Å². The molecule has 0 unspecified atom stereocenters. The quantitative estimate of drug-likeness (QED) is 0.473. The summed E-state index contributed by atoms with van der Waals surface area (Å²) in [5, 5.41) is 9.85. The van der Waals surface area contributed by atoms with E-state index in [-0.39, 0.29) is 6.54 Å². The third-order valence-corrected chi connectivity index (χ3v) is 6.27. The maximum absolute atomic E-state index is 12.0. The van der Waals surface area contributed by atoms with E-state index in [9.17, 15) is 9.90 Å². The molecule has 1 saturated carbocycles. The molecule has 0 bridgehead atoms. The number of aliphatic carboxylic acids is 1. The molecule has 0 aliphatic heterocycles. The summed E-state index contributed by atoms with van der Waals surface area (Å²) in [5.74, 6) is -0.129. The van der Waals surface area contributed by atoms with Gasteiger partial charge in [0.25, 0.3) is 0 Å². The van der Waals surface area contributed by atoms with Crippen LogP contribution in [-0.2, 0) is 24.4 Å². The van der Waals surface area contributed by atoms with E-state index in [4.69, 9.17) is 0 Å². The number of rotatable bonds is 10. The van der Waals surface area contributed by atoms with Crippen LogP contribution in [0.2, 0.25) is 0 Å². The molecule has 1 N–H and O–H groups in total. The predicted molar refractivity (Wildman–Crippen MR) is 124 cm³/mol. The van der Waals surface area contributed by atoms with E-state index < -0.39 is 11.6 Å². The van der Waals surface area contributed by atoms with E-state index in [1.165, 1.54) is 0 Å². The van der Waals surface area contributed by atoms with Crippen LogP contribution in [0.5, 0.6) is 0 Å². The number of nitrogens with zero attached hydrogens (tertiary/aromatic N) is 6. The summed E-state index contributed by atoms with van der Waals surface area (Å²) in [4.78, 5) is 34.4. The van der Waals surface area contributed by atoms with Gasteiger partial charge in [-0.15, -0.1) is 0 Å². The maximum Gasteiger partial charge on any atom is 0.317 e. The first-order valence-corrected chi connectivity index (χ1v) is 11.4. The Morgan fingerprint density at radius 2 is 1.33 bits per heavy atom. The molecule has 3 aromatic heterocycles. The Labute approximate surface area is 194 Å².